The van der Waals surface area contributed by atoms with E-state index in [4.69, 9.17) is 18.9 Å². The number of imide groups is 1. The number of hydrogen-bond donors (Lipinski definition) is 1. The highest BCUT2D eigenvalue weighted by atomic mass is 16.7. The van der Waals surface area contributed by atoms with Crippen molar-refractivity contribution in [2.75, 3.05) is 19.1 Å². The van der Waals surface area contributed by atoms with Gasteiger partial charge < -0.3 is 18.9 Å². The molecule has 0 aliphatic rings. The number of ether oxygens (including phenoxy) is 4. The largest absolute Gasteiger partial charge is 0.443 e. The number of amides is 2. The van der Waals surface area contributed by atoms with Gasteiger partial charge in [-0.05, 0) is 41.5 Å². The number of carbonyl (C=O) groups excluding carboxylic acids is 2. The van der Waals surface area contributed by atoms with Crippen molar-refractivity contribution in [1.29, 1.82) is 0 Å². The minimum Gasteiger partial charge on any atom is -0.443 e. The second kappa shape index (κ2) is 10.0. The first-order valence-electron chi connectivity index (χ1n) is 10.0. The van der Waals surface area contributed by atoms with Gasteiger partial charge in [-0.1, -0.05) is 0 Å². The van der Waals surface area contributed by atoms with Crippen LogP contribution in [0.4, 0.5) is 15.4 Å². The highest BCUT2D eigenvalue weighted by molar-refractivity contribution is 6.09. The van der Waals surface area contributed by atoms with E-state index in [2.05, 4.69) is 20.2 Å². The maximum atomic E-state index is 13.1. The van der Waals surface area contributed by atoms with Gasteiger partial charge in [-0.2, -0.15) is 10.00 Å². The minimum absolute atomic E-state index is 0.00111. The smallest absolute Gasteiger partial charge is 0.425 e. The van der Waals surface area contributed by atoms with Crippen molar-refractivity contribution < 1.29 is 28.5 Å². The molecule has 0 saturated carbocycles. The van der Waals surface area contributed by atoms with Gasteiger partial charge in [-0.15, -0.1) is 0 Å². The molecule has 2 aromatic heterocycles. The van der Waals surface area contributed by atoms with E-state index in [-0.39, 0.29) is 12.2 Å². The second-order valence-corrected chi connectivity index (χ2v) is 8.91. The van der Waals surface area contributed by atoms with Gasteiger partial charge in [-0.3, -0.25) is 5.10 Å². The Labute approximate surface area is 187 Å². The molecule has 2 aromatic rings. The molecule has 0 radical (unpaired) electrons. The van der Waals surface area contributed by atoms with Crippen molar-refractivity contribution in [1.82, 2.24) is 20.2 Å². The monoisotopic (exact) mass is 449 g/mol. The number of aromatic nitrogens is 4. The van der Waals surface area contributed by atoms with Gasteiger partial charge in [0.05, 0.1) is 11.9 Å². The molecular weight excluding hydrogens is 418 g/mol. The van der Waals surface area contributed by atoms with Crippen LogP contribution in [-0.4, -0.2) is 64.1 Å². The minimum atomic E-state index is -0.934. The molecular formula is C21H31N5O6. The zero-order valence-corrected chi connectivity index (χ0v) is 19.8. The lowest BCUT2D eigenvalue weighted by Crippen LogP contribution is -2.45. The van der Waals surface area contributed by atoms with Crippen LogP contribution >= 0.6 is 0 Å². The number of H-pyrrole nitrogens is 1. The Kier molecular flexibility index (Phi) is 7.92. The van der Waals surface area contributed by atoms with E-state index < -0.39 is 29.7 Å². The van der Waals surface area contributed by atoms with Crippen LogP contribution in [0.15, 0.2) is 18.7 Å². The normalized spacial score (nSPS) is 12.0. The molecule has 0 fully saturated rings. The van der Waals surface area contributed by atoms with Crippen LogP contribution in [0.25, 0.3) is 11.3 Å². The Morgan fingerprint density at radius 2 is 1.56 bits per heavy atom. The first-order chi connectivity index (χ1) is 14.9. The average Bonchev–Trinajstić information content (AvgIpc) is 3.18. The lowest BCUT2D eigenvalue weighted by Gasteiger charge is -2.29. The molecule has 11 nitrogen and oxygen atoms in total. The third-order valence-electron chi connectivity index (χ3n) is 3.95. The molecule has 0 saturated heterocycles. The molecule has 0 aromatic carbocycles. The van der Waals surface area contributed by atoms with Gasteiger partial charge in [-0.25, -0.2) is 19.6 Å². The molecule has 0 bridgehead atoms. The summed E-state index contributed by atoms with van der Waals surface area (Å²) in [5.41, 5.74) is -0.235. The Balaban J connectivity index is 2.68. The number of rotatable bonds is 6. The maximum absolute atomic E-state index is 13.1. The number of aromatic amines is 1. The molecule has 0 aliphatic carbocycles. The molecule has 2 amide bonds. The quantitative estimate of drug-likeness (QED) is 0.656. The van der Waals surface area contributed by atoms with Crippen molar-refractivity contribution in [2.45, 2.75) is 65.5 Å². The summed E-state index contributed by atoms with van der Waals surface area (Å²) in [5, 5.41) is 6.68. The molecule has 176 valence electrons. The van der Waals surface area contributed by atoms with Gasteiger partial charge in [0.2, 0.25) is 0 Å². The summed E-state index contributed by atoms with van der Waals surface area (Å²) in [7, 11) is 2.96. The van der Waals surface area contributed by atoms with Crippen LogP contribution in [-0.2, 0) is 25.4 Å². The molecule has 0 aliphatic heterocycles. The zero-order chi connectivity index (χ0) is 24.1. The first kappa shape index (κ1) is 25.2. The summed E-state index contributed by atoms with van der Waals surface area (Å²) >= 11 is 0. The van der Waals surface area contributed by atoms with Gasteiger partial charge in [0, 0.05) is 38.0 Å². The van der Waals surface area contributed by atoms with Crippen LogP contribution < -0.4 is 4.90 Å². The van der Waals surface area contributed by atoms with Gasteiger partial charge in [0.15, 0.2) is 12.1 Å². The zero-order valence-electron chi connectivity index (χ0n) is 19.8. The third-order valence-corrected chi connectivity index (χ3v) is 3.95. The number of anilines is 1. The fourth-order valence-corrected chi connectivity index (χ4v) is 2.71. The Morgan fingerprint density at radius 1 is 1.00 bits per heavy atom. The van der Waals surface area contributed by atoms with E-state index in [0.29, 0.717) is 16.8 Å². The standard InChI is InChI=1S/C21H31N5O6/c1-20(2,3)31-18(27)26(19(28)32-21(4,5)6)17-14(9-15(29-7)30-8)16(22-12-23-17)13-10-24-25-11-13/h10-12,15H,9H2,1-8H3,(H,24,25). The number of hydrogen-bond acceptors (Lipinski definition) is 9. The molecule has 0 unspecified atom stereocenters. The predicted octanol–water partition coefficient (Wildman–Crippen LogP) is 3.70. The number of nitrogens with one attached hydrogen (secondary N) is 1. The molecule has 0 atom stereocenters. The van der Waals surface area contributed by atoms with Crippen molar-refractivity contribution in [3.05, 3.63) is 24.3 Å². The molecule has 1 N–H and O–H groups in total. The lowest BCUT2D eigenvalue weighted by atomic mass is 10.1. The summed E-state index contributed by atoms with van der Waals surface area (Å²) < 4.78 is 21.6. The molecule has 2 heterocycles. The van der Waals surface area contributed by atoms with Crippen LogP contribution in [0.3, 0.4) is 0 Å². The van der Waals surface area contributed by atoms with Gasteiger partial charge in [0.1, 0.15) is 17.5 Å². The molecule has 32 heavy (non-hydrogen) atoms. The van der Waals surface area contributed by atoms with E-state index in [1.807, 2.05) is 0 Å². The van der Waals surface area contributed by atoms with Gasteiger partial charge in [0.25, 0.3) is 0 Å². The van der Waals surface area contributed by atoms with Crippen LogP contribution in [0.2, 0.25) is 0 Å². The first-order valence-corrected chi connectivity index (χ1v) is 10.0. The molecule has 0 spiro atoms. The number of methoxy groups -OCH3 is 2. The van der Waals surface area contributed by atoms with Crippen molar-refractivity contribution >= 4 is 18.0 Å². The van der Waals surface area contributed by atoms with E-state index in [0.717, 1.165) is 4.90 Å². The number of nitrogens with zero attached hydrogens (tertiary/aromatic N) is 4. The number of carbonyl (C=O) groups is 2. The van der Waals surface area contributed by atoms with E-state index in [1.54, 1.807) is 53.9 Å². The SMILES string of the molecule is COC(Cc1c(-c2cn[nH]c2)ncnc1N(C(=O)OC(C)(C)C)C(=O)OC(C)(C)C)OC. The van der Waals surface area contributed by atoms with Crippen molar-refractivity contribution in [2.24, 2.45) is 0 Å². The summed E-state index contributed by atoms with van der Waals surface area (Å²) in [6.45, 7) is 10.2. The molecule has 2 rings (SSSR count). The summed E-state index contributed by atoms with van der Waals surface area (Å²) in [6.07, 6.45) is 2.02. The molecule has 11 heteroatoms. The lowest BCUT2D eigenvalue weighted by molar-refractivity contribution is -0.100. The van der Waals surface area contributed by atoms with E-state index >= 15 is 0 Å². The van der Waals surface area contributed by atoms with E-state index in [1.165, 1.54) is 20.5 Å². The second-order valence-electron chi connectivity index (χ2n) is 8.91. The Morgan fingerprint density at radius 3 is 2.00 bits per heavy atom. The van der Waals surface area contributed by atoms with Crippen molar-refractivity contribution in [3.63, 3.8) is 0 Å². The fourth-order valence-electron chi connectivity index (χ4n) is 2.71. The van der Waals surface area contributed by atoms with E-state index in [9.17, 15) is 9.59 Å². The maximum Gasteiger partial charge on any atom is 0.425 e. The Hall–Kier alpha value is -3.05. The Bertz CT molecular complexity index is 886. The fraction of sp³-hybridized carbons (Fsp3) is 0.571. The van der Waals surface area contributed by atoms with Crippen molar-refractivity contribution in [3.8, 4) is 11.3 Å². The highest BCUT2D eigenvalue weighted by Gasteiger charge is 2.36. The van der Waals surface area contributed by atoms with Crippen LogP contribution in [0.5, 0.6) is 0 Å². The summed E-state index contributed by atoms with van der Waals surface area (Å²) in [4.78, 5) is 35.6. The van der Waals surface area contributed by atoms with Crippen LogP contribution in [0, 0.1) is 0 Å². The summed E-state index contributed by atoms with van der Waals surface area (Å²) in [6, 6.07) is 0. The third kappa shape index (κ3) is 6.72. The highest BCUT2D eigenvalue weighted by Crippen LogP contribution is 2.31. The average molecular weight is 450 g/mol. The predicted molar refractivity (Wildman–Crippen MR) is 116 cm³/mol. The summed E-state index contributed by atoms with van der Waals surface area (Å²) in [5.74, 6) is -0.00111. The van der Waals surface area contributed by atoms with Gasteiger partial charge >= 0.3 is 12.2 Å². The topological polar surface area (TPSA) is 129 Å². The van der Waals surface area contributed by atoms with Crippen LogP contribution in [0.1, 0.15) is 47.1 Å².